The molecule has 1 atom stereocenters. The summed E-state index contributed by atoms with van der Waals surface area (Å²) in [5.41, 5.74) is 0.439. The predicted octanol–water partition coefficient (Wildman–Crippen LogP) is 2.51. The summed E-state index contributed by atoms with van der Waals surface area (Å²) in [6, 6.07) is 0.326. The number of hydrogen-bond donors (Lipinski definition) is 1. The predicted molar refractivity (Wildman–Crippen MR) is 75.4 cm³/mol. The molecule has 1 N–H and O–H groups in total. The number of carbonyl (C=O) groups excluding carboxylic acids is 2. The van der Waals surface area contributed by atoms with Gasteiger partial charge in [-0.2, -0.15) is 0 Å². The lowest BCUT2D eigenvalue weighted by molar-refractivity contribution is -0.114. The van der Waals surface area contributed by atoms with Crippen molar-refractivity contribution in [3.8, 4) is 0 Å². The minimum atomic E-state index is -0.169. The molecule has 2 heterocycles. The van der Waals surface area contributed by atoms with Crippen molar-refractivity contribution in [2.24, 2.45) is 0 Å². The zero-order valence-electron chi connectivity index (χ0n) is 11.3. The van der Waals surface area contributed by atoms with Gasteiger partial charge in [0.05, 0.1) is 0 Å². The second kappa shape index (κ2) is 6.14. The van der Waals surface area contributed by atoms with Gasteiger partial charge in [0.1, 0.15) is 5.69 Å². The van der Waals surface area contributed by atoms with E-state index in [2.05, 4.69) is 17.2 Å². The van der Waals surface area contributed by atoms with Crippen molar-refractivity contribution in [2.45, 2.75) is 45.6 Å². The molecule has 0 bridgehead atoms. The van der Waals surface area contributed by atoms with Crippen LogP contribution in [0.5, 0.6) is 0 Å². The molecule has 0 saturated carbocycles. The average Bonchev–Trinajstić information content (AvgIpc) is 2.85. The van der Waals surface area contributed by atoms with E-state index < -0.39 is 0 Å². The van der Waals surface area contributed by atoms with E-state index in [1.54, 1.807) is 5.38 Å². The molecule has 0 spiro atoms. The first-order valence-corrected chi connectivity index (χ1v) is 7.54. The van der Waals surface area contributed by atoms with Gasteiger partial charge in [-0.3, -0.25) is 9.59 Å². The van der Waals surface area contributed by atoms with Gasteiger partial charge in [0, 0.05) is 24.9 Å². The maximum Gasteiger partial charge on any atom is 0.273 e. The molecule has 1 aliphatic heterocycles. The number of thiazole rings is 1. The summed E-state index contributed by atoms with van der Waals surface area (Å²) in [6.07, 6.45) is 4.31. The van der Waals surface area contributed by atoms with Gasteiger partial charge in [-0.1, -0.05) is 6.92 Å². The average molecular weight is 281 g/mol. The molecule has 5 nitrogen and oxygen atoms in total. The van der Waals surface area contributed by atoms with Crippen molar-refractivity contribution >= 4 is 28.3 Å². The molecule has 0 unspecified atom stereocenters. The van der Waals surface area contributed by atoms with Crippen LogP contribution in [0.1, 0.15) is 50.0 Å². The highest BCUT2D eigenvalue weighted by molar-refractivity contribution is 7.14. The van der Waals surface area contributed by atoms with E-state index in [4.69, 9.17) is 0 Å². The maximum atomic E-state index is 12.4. The van der Waals surface area contributed by atoms with Crippen LogP contribution in [0, 0.1) is 0 Å². The van der Waals surface area contributed by atoms with E-state index in [0.717, 1.165) is 25.8 Å². The molecule has 1 fully saturated rings. The molecule has 1 saturated heterocycles. The van der Waals surface area contributed by atoms with Crippen molar-refractivity contribution in [3.63, 3.8) is 0 Å². The van der Waals surface area contributed by atoms with Gasteiger partial charge in [-0.25, -0.2) is 4.98 Å². The Hall–Kier alpha value is -1.43. The lowest BCUT2D eigenvalue weighted by Crippen LogP contribution is -2.43. The van der Waals surface area contributed by atoms with Crippen molar-refractivity contribution in [1.82, 2.24) is 9.88 Å². The molecule has 2 rings (SSSR count). The van der Waals surface area contributed by atoms with Gasteiger partial charge in [0.15, 0.2) is 5.13 Å². The third kappa shape index (κ3) is 3.32. The van der Waals surface area contributed by atoms with Crippen LogP contribution in [0.4, 0.5) is 5.13 Å². The lowest BCUT2D eigenvalue weighted by atomic mass is 10.00. The molecule has 6 heteroatoms. The molecule has 2 amide bonds. The first kappa shape index (κ1) is 14.0. The SMILES string of the molecule is CC[C@H]1CCCCN1C(=O)c1csc(NC(C)=O)n1. The molecule has 104 valence electrons. The third-order valence-electron chi connectivity index (χ3n) is 3.37. The Morgan fingerprint density at radius 2 is 2.32 bits per heavy atom. The minimum Gasteiger partial charge on any atom is -0.334 e. The molecule has 0 aromatic carbocycles. The molecule has 19 heavy (non-hydrogen) atoms. The van der Waals surface area contributed by atoms with Crippen molar-refractivity contribution < 1.29 is 9.59 Å². The number of piperidine rings is 1. The number of aromatic nitrogens is 1. The fourth-order valence-electron chi connectivity index (χ4n) is 2.42. The normalized spacial score (nSPS) is 19.3. The monoisotopic (exact) mass is 281 g/mol. The standard InChI is InChI=1S/C13H19N3O2S/c1-3-10-6-4-5-7-16(10)12(18)11-8-19-13(15-11)14-9(2)17/h8,10H,3-7H2,1-2H3,(H,14,15,17)/t10-/m0/s1. The number of hydrogen-bond acceptors (Lipinski definition) is 4. The van der Waals surface area contributed by atoms with Crippen LogP contribution in [0.25, 0.3) is 0 Å². The Kier molecular flexibility index (Phi) is 4.52. The van der Waals surface area contributed by atoms with Crippen molar-refractivity contribution in [2.75, 3.05) is 11.9 Å². The van der Waals surface area contributed by atoms with E-state index in [1.165, 1.54) is 24.7 Å². The molecule has 1 aromatic heterocycles. The van der Waals surface area contributed by atoms with Gasteiger partial charge in [-0.15, -0.1) is 11.3 Å². The lowest BCUT2D eigenvalue weighted by Gasteiger charge is -2.34. The van der Waals surface area contributed by atoms with Gasteiger partial charge >= 0.3 is 0 Å². The van der Waals surface area contributed by atoms with Crippen molar-refractivity contribution in [1.29, 1.82) is 0 Å². The number of rotatable bonds is 3. The Morgan fingerprint density at radius 3 is 3.00 bits per heavy atom. The smallest absolute Gasteiger partial charge is 0.273 e. The maximum absolute atomic E-state index is 12.4. The zero-order chi connectivity index (χ0) is 13.8. The van der Waals surface area contributed by atoms with Crippen LogP contribution in [0.15, 0.2) is 5.38 Å². The number of nitrogens with zero attached hydrogens (tertiary/aromatic N) is 2. The van der Waals surface area contributed by atoms with Crippen molar-refractivity contribution in [3.05, 3.63) is 11.1 Å². The Balaban J connectivity index is 2.09. The second-order valence-corrected chi connectivity index (χ2v) is 5.63. The second-order valence-electron chi connectivity index (χ2n) is 4.78. The highest BCUT2D eigenvalue weighted by Gasteiger charge is 2.27. The summed E-state index contributed by atoms with van der Waals surface area (Å²) in [4.78, 5) is 29.5. The number of likely N-dealkylation sites (tertiary alicyclic amines) is 1. The van der Waals surface area contributed by atoms with Crippen LogP contribution >= 0.6 is 11.3 Å². The summed E-state index contributed by atoms with van der Waals surface area (Å²) >= 11 is 1.29. The Bertz CT molecular complexity index is 472. The fourth-order valence-corrected chi connectivity index (χ4v) is 3.15. The molecule has 1 aliphatic rings. The highest BCUT2D eigenvalue weighted by atomic mass is 32.1. The molecule has 1 aromatic rings. The van der Waals surface area contributed by atoms with Crippen LogP contribution < -0.4 is 5.32 Å². The first-order valence-electron chi connectivity index (χ1n) is 6.66. The molecule has 0 radical (unpaired) electrons. The van der Waals surface area contributed by atoms with E-state index in [-0.39, 0.29) is 11.8 Å². The van der Waals surface area contributed by atoms with Gasteiger partial charge in [0.2, 0.25) is 5.91 Å². The van der Waals surface area contributed by atoms with Crippen LogP contribution in [-0.4, -0.2) is 34.3 Å². The number of amides is 2. The van der Waals surface area contributed by atoms with Crippen LogP contribution in [0.2, 0.25) is 0 Å². The molecular weight excluding hydrogens is 262 g/mol. The van der Waals surface area contributed by atoms with Gasteiger partial charge < -0.3 is 10.2 Å². The highest BCUT2D eigenvalue weighted by Crippen LogP contribution is 2.23. The van der Waals surface area contributed by atoms with Gasteiger partial charge in [0.25, 0.3) is 5.91 Å². The first-order chi connectivity index (χ1) is 9.11. The molecule has 0 aliphatic carbocycles. The summed E-state index contributed by atoms with van der Waals surface area (Å²) in [5, 5.41) is 4.81. The largest absolute Gasteiger partial charge is 0.334 e. The Labute approximate surface area is 117 Å². The van der Waals surface area contributed by atoms with Crippen LogP contribution in [-0.2, 0) is 4.79 Å². The van der Waals surface area contributed by atoms with E-state index in [1.807, 2.05) is 4.90 Å². The third-order valence-corrected chi connectivity index (χ3v) is 4.12. The van der Waals surface area contributed by atoms with E-state index in [9.17, 15) is 9.59 Å². The fraction of sp³-hybridized carbons (Fsp3) is 0.615. The summed E-state index contributed by atoms with van der Waals surface area (Å²) in [5.74, 6) is -0.183. The van der Waals surface area contributed by atoms with Crippen LogP contribution in [0.3, 0.4) is 0 Å². The summed E-state index contributed by atoms with van der Waals surface area (Å²) in [6.45, 7) is 4.35. The Morgan fingerprint density at radius 1 is 1.53 bits per heavy atom. The van der Waals surface area contributed by atoms with Gasteiger partial charge in [-0.05, 0) is 25.7 Å². The summed E-state index contributed by atoms with van der Waals surface area (Å²) < 4.78 is 0. The zero-order valence-corrected chi connectivity index (χ0v) is 12.1. The minimum absolute atomic E-state index is 0.0144. The number of carbonyl (C=O) groups is 2. The molecular formula is C13H19N3O2S. The number of nitrogens with one attached hydrogen (secondary N) is 1. The topological polar surface area (TPSA) is 62.3 Å². The van der Waals surface area contributed by atoms with E-state index >= 15 is 0 Å². The van der Waals surface area contributed by atoms with E-state index in [0.29, 0.717) is 16.9 Å². The summed E-state index contributed by atoms with van der Waals surface area (Å²) in [7, 11) is 0. The quantitative estimate of drug-likeness (QED) is 0.926. The number of anilines is 1.